The summed E-state index contributed by atoms with van der Waals surface area (Å²) in [5, 5.41) is 18.2. The number of rotatable bonds is 5. The lowest BCUT2D eigenvalue weighted by Crippen LogP contribution is -2.52. The van der Waals surface area contributed by atoms with Gasteiger partial charge in [-0.15, -0.1) is 0 Å². The summed E-state index contributed by atoms with van der Waals surface area (Å²) in [6.07, 6.45) is 0.553. The van der Waals surface area contributed by atoms with Gasteiger partial charge in [0.25, 0.3) is 5.91 Å². The molecule has 3 amide bonds. The van der Waals surface area contributed by atoms with Gasteiger partial charge in [-0.1, -0.05) is 17.3 Å². The molecule has 3 heterocycles. The van der Waals surface area contributed by atoms with Crippen molar-refractivity contribution in [3.63, 3.8) is 0 Å². The Morgan fingerprint density at radius 1 is 1.18 bits per heavy atom. The average Bonchev–Trinajstić information content (AvgIpc) is 3.42. The average molecular weight is 442 g/mol. The van der Waals surface area contributed by atoms with Crippen molar-refractivity contribution in [2.45, 2.75) is 32.0 Å². The van der Waals surface area contributed by atoms with Gasteiger partial charge >= 0.3 is 6.01 Å². The van der Waals surface area contributed by atoms with E-state index in [1.54, 1.807) is 30.3 Å². The van der Waals surface area contributed by atoms with E-state index in [0.717, 1.165) is 16.7 Å². The number of amides is 3. The van der Waals surface area contributed by atoms with Crippen LogP contribution in [-0.2, 0) is 22.7 Å². The molecule has 1 unspecified atom stereocenters. The molecule has 0 aliphatic carbocycles. The minimum Gasteiger partial charge on any atom is -0.334 e. The first kappa shape index (κ1) is 20.4. The molecule has 1 saturated heterocycles. The highest BCUT2D eigenvalue weighted by Crippen LogP contribution is 2.28. The normalized spacial score (nSPS) is 17.5. The highest BCUT2D eigenvalue weighted by molar-refractivity contribution is 6.05. The molecular weight excluding hydrogens is 424 g/mol. The Morgan fingerprint density at radius 3 is 2.76 bits per heavy atom. The van der Waals surface area contributed by atoms with E-state index in [2.05, 4.69) is 26.8 Å². The first-order valence-electron chi connectivity index (χ1n) is 10.4. The van der Waals surface area contributed by atoms with E-state index in [1.807, 2.05) is 12.1 Å². The molecule has 33 heavy (non-hydrogen) atoms. The van der Waals surface area contributed by atoms with Crippen molar-refractivity contribution >= 4 is 23.7 Å². The van der Waals surface area contributed by atoms with E-state index < -0.39 is 11.9 Å². The van der Waals surface area contributed by atoms with Crippen LogP contribution in [0.25, 0.3) is 11.4 Å². The number of benzene rings is 2. The van der Waals surface area contributed by atoms with Crippen LogP contribution in [0.3, 0.4) is 0 Å². The van der Waals surface area contributed by atoms with Crippen molar-refractivity contribution in [2.75, 3.05) is 5.32 Å². The number of carbonyl (C=O) groups is 3. The number of hydrogen-bond donors (Lipinski definition) is 2. The molecule has 0 radical (unpaired) electrons. The molecular formula is C23H18N6O4. The first-order chi connectivity index (χ1) is 16.0. The number of hydrogen-bond acceptors (Lipinski definition) is 8. The van der Waals surface area contributed by atoms with Crippen LogP contribution in [-0.4, -0.2) is 38.8 Å². The molecule has 0 spiro atoms. The Labute approximate surface area is 188 Å². The second kappa shape index (κ2) is 8.20. The van der Waals surface area contributed by atoms with Crippen LogP contribution in [0.2, 0.25) is 0 Å². The van der Waals surface area contributed by atoms with E-state index in [9.17, 15) is 14.4 Å². The van der Waals surface area contributed by atoms with Gasteiger partial charge in [-0.25, -0.2) is 0 Å². The molecule has 2 N–H and O–H groups in total. The summed E-state index contributed by atoms with van der Waals surface area (Å²) in [5.74, 6) is -0.537. The third-order valence-corrected chi connectivity index (χ3v) is 5.73. The van der Waals surface area contributed by atoms with Crippen LogP contribution in [0.1, 0.15) is 39.9 Å². The molecule has 5 rings (SSSR count). The molecule has 2 aliphatic heterocycles. The minimum absolute atomic E-state index is 0.206. The van der Waals surface area contributed by atoms with Gasteiger partial charge in [0.1, 0.15) is 6.04 Å². The Morgan fingerprint density at radius 2 is 2.00 bits per heavy atom. The Kier molecular flexibility index (Phi) is 5.06. The second-order valence-corrected chi connectivity index (χ2v) is 7.86. The molecule has 3 aromatic rings. The molecule has 1 atom stereocenters. The molecule has 1 fully saturated rings. The molecule has 0 bridgehead atoms. The van der Waals surface area contributed by atoms with Gasteiger partial charge in [0.15, 0.2) is 0 Å². The molecule has 1 aromatic heterocycles. The van der Waals surface area contributed by atoms with Gasteiger partial charge in [0, 0.05) is 30.6 Å². The standard InChI is InChI=1S/C23H18N6O4/c24-10-13-1-4-15(5-2-13)20-27-23(33-28-20)25-11-14-3-6-17-16(9-14)12-29(22(17)32)18-7-8-19(30)26-21(18)31/h1-6,9,18H,7-8,11-12H2,(H,25,27,28)(H,26,30,31). The Hall–Kier alpha value is -4.52. The number of imide groups is 1. The number of fused-ring (bicyclic) bond motifs is 1. The van der Waals surface area contributed by atoms with Crippen molar-refractivity contribution in [1.82, 2.24) is 20.4 Å². The number of nitrogens with zero attached hydrogens (tertiary/aromatic N) is 4. The van der Waals surface area contributed by atoms with Gasteiger partial charge in [0.05, 0.1) is 11.6 Å². The van der Waals surface area contributed by atoms with Crippen LogP contribution in [0.15, 0.2) is 47.0 Å². The zero-order chi connectivity index (χ0) is 22.9. The summed E-state index contributed by atoms with van der Waals surface area (Å²) in [6, 6.07) is 14.0. The lowest BCUT2D eigenvalue weighted by atomic mass is 10.0. The SMILES string of the molecule is N#Cc1ccc(-c2noc(NCc3ccc4c(c3)CN(C3CCC(=O)NC3=O)C4=O)n2)cc1. The van der Waals surface area contributed by atoms with Crippen LogP contribution in [0, 0.1) is 11.3 Å². The van der Waals surface area contributed by atoms with Gasteiger partial charge in [0.2, 0.25) is 17.6 Å². The van der Waals surface area contributed by atoms with Crippen molar-refractivity contribution in [3.05, 3.63) is 64.7 Å². The Bertz CT molecular complexity index is 1310. The summed E-state index contributed by atoms with van der Waals surface area (Å²) in [7, 11) is 0. The lowest BCUT2D eigenvalue weighted by Gasteiger charge is -2.29. The number of aromatic nitrogens is 2. The maximum absolute atomic E-state index is 12.8. The second-order valence-electron chi connectivity index (χ2n) is 7.86. The van der Waals surface area contributed by atoms with Crippen LogP contribution in [0.5, 0.6) is 0 Å². The predicted molar refractivity (Wildman–Crippen MR) is 114 cm³/mol. The fourth-order valence-electron chi connectivity index (χ4n) is 4.02. The molecule has 0 saturated carbocycles. The fourth-order valence-corrected chi connectivity index (χ4v) is 4.02. The lowest BCUT2D eigenvalue weighted by molar-refractivity contribution is -0.136. The first-order valence-corrected chi connectivity index (χ1v) is 10.4. The van der Waals surface area contributed by atoms with Crippen LogP contribution < -0.4 is 10.6 Å². The number of nitrogens with one attached hydrogen (secondary N) is 2. The highest BCUT2D eigenvalue weighted by atomic mass is 16.5. The smallest absolute Gasteiger partial charge is 0.322 e. The van der Waals surface area contributed by atoms with E-state index in [4.69, 9.17) is 9.78 Å². The summed E-state index contributed by atoms with van der Waals surface area (Å²) in [6.45, 7) is 0.715. The molecule has 164 valence electrons. The van der Waals surface area contributed by atoms with E-state index >= 15 is 0 Å². The predicted octanol–water partition coefficient (Wildman–Crippen LogP) is 1.98. The monoisotopic (exact) mass is 442 g/mol. The van der Waals surface area contributed by atoms with Crippen molar-refractivity contribution in [3.8, 4) is 17.5 Å². The van der Waals surface area contributed by atoms with E-state index in [-0.39, 0.29) is 24.2 Å². The highest BCUT2D eigenvalue weighted by Gasteiger charge is 2.39. The zero-order valence-corrected chi connectivity index (χ0v) is 17.4. The number of anilines is 1. The summed E-state index contributed by atoms with van der Waals surface area (Å²) in [5.41, 5.74) is 3.57. The number of carbonyl (C=O) groups excluding carboxylic acids is 3. The van der Waals surface area contributed by atoms with E-state index in [0.29, 0.717) is 36.5 Å². The fraction of sp³-hybridized carbons (Fsp3) is 0.217. The number of piperidine rings is 1. The molecule has 2 aliphatic rings. The summed E-state index contributed by atoms with van der Waals surface area (Å²) >= 11 is 0. The van der Waals surface area contributed by atoms with Gasteiger partial charge < -0.3 is 14.7 Å². The van der Waals surface area contributed by atoms with Gasteiger partial charge in [-0.2, -0.15) is 10.2 Å². The quantitative estimate of drug-likeness (QED) is 0.572. The van der Waals surface area contributed by atoms with Crippen LogP contribution in [0.4, 0.5) is 6.01 Å². The topological polar surface area (TPSA) is 141 Å². The third-order valence-electron chi connectivity index (χ3n) is 5.73. The zero-order valence-electron chi connectivity index (χ0n) is 17.4. The van der Waals surface area contributed by atoms with Gasteiger partial charge in [-0.3, -0.25) is 19.7 Å². The largest absolute Gasteiger partial charge is 0.334 e. The van der Waals surface area contributed by atoms with Crippen LogP contribution >= 0.6 is 0 Å². The van der Waals surface area contributed by atoms with Crippen molar-refractivity contribution in [1.29, 1.82) is 5.26 Å². The summed E-state index contributed by atoms with van der Waals surface area (Å²) < 4.78 is 5.25. The van der Waals surface area contributed by atoms with E-state index in [1.165, 1.54) is 4.90 Å². The summed E-state index contributed by atoms with van der Waals surface area (Å²) in [4.78, 5) is 42.2. The van der Waals surface area contributed by atoms with Crippen molar-refractivity contribution < 1.29 is 18.9 Å². The Balaban J connectivity index is 1.25. The minimum atomic E-state index is -0.636. The molecule has 2 aromatic carbocycles. The molecule has 10 heteroatoms. The van der Waals surface area contributed by atoms with Crippen molar-refractivity contribution in [2.24, 2.45) is 0 Å². The van der Waals surface area contributed by atoms with Gasteiger partial charge in [-0.05, 0) is 47.9 Å². The molecule has 10 nitrogen and oxygen atoms in total. The maximum Gasteiger partial charge on any atom is 0.322 e. The third kappa shape index (κ3) is 3.92. The number of nitriles is 1. The maximum atomic E-state index is 12.8.